The quantitative estimate of drug-likeness (QED) is 0.606. The summed E-state index contributed by atoms with van der Waals surface area (Å²) in [6, 6.07) is 14.0. The van der Waals surface area contributed by atoms with Crippen molar-refractivity contribution in [1.82, 2.24) is 4.31 Å². The number of hydrogen-bond acceptors (Lipinski definition) is 6. The summed E-state index contributed by atoms with van der Waals surface area (Å²) >= 11 is 0. The number of amides is 1. The van der Waals surface area contributed by atoms with Gasteiger partial charge in [-0.25, -0.2) is 13.2 Å². The molecule has 1 amide bonds. The summed E-state index contributed by atoms with van der Waals surface area (Å²) < 4.78 is 32.5. The summed E-state index contributed by atoms with van der Waals surface area (Å²) in [7, 11) is -2.66. The average molecular weight is 500 g/mol. The molecular formula is C26H33N3O5S. The van der Waals surface area contributed by atoms with Gasteiger partial charge in [0.2, 0.25) is 15.9 Å². The molecule has 0 aromatic heterocycles. The molecule has 2 aliphatic heterocycles. The third-order valence-corrected chi connectivity index (χ3v) is 8.80. The van der Waals surface area contributed by atoms with Crippen molar-refractivity contribution in [2.45, 2.75) is 43.4 Å². The Morgan fingerprint density at radius 1 is 0.886 bits per heavy atom. The third kappa shape index (κ3) is 5.85. The fraction of sp³-hybridized carbons (Fsp3) is 0.462. The molecular weight excluding hydrogens is 466 g/mol. The first-order chi connectivity index (χ1) is 16.9. The molecule has 35 heavy (non-hydrogen) atoms. The molecule has 2 heterocycles. The monoisotopic (exact) mass is 499 g/mol. The van der Waals surface area contributed by atoms with E-state index in [-0.39, 0.29) is 35.4 Å². The van der Waals surface area contributed by atoms with Crippen LogP contribution in [0.15, 0.2) is 53.4 Å². The standard InChI is InChI=1S/C26H33N3O5S/c1-34-26(31)23-8-4-5-9-24(23)35(32,33)29-18-14-20(15-19-29)25(30)27-21-10-12-22(13-11-21)28-16-6-2-3-7-17-28/h4-5,8-13,20H,2-3,6-7,14-19H2,1H3,(H,27,30). The number of ether oxygens (including phenoxy) is 1. The maximum absolute atomic E-state index is 13.2. The maximum Gasteiger partial charge on any atom is 0.339 e. The number of hydrogen-bond donors (Lipinski definition) is 1. The van der Waals surface area contributed by atoms with E-state index in [0.717, 1.165) is 18.8 Å². The van der Waals surface area contributed by atoms with Crippen LogP contribution >= 0.6 is 0 Å². The summed E-state index contributed by atoms with van der Waals surface area (Å²) in [5.41, 5.74) is 1.93. The maximum atomic E-state index is 13.2. The fourth-order valence-electron chi connectivity index (χ4n) is 4.80. The van der Waals surface area contributed by atoms with Gasteiger partial charge < -0.3 is 15.0 Å². The highest BCUT2D eigenvalue weighted by molar-refractivity contribution is 7.89. The van der Waals surface area contributed by atoms with E-state index < -0.39 is 16.0 Å². The molecule has 2 saturated heterocycles. The third-order valence-electron chi connectivity index (χ3n) is 6.84. The number of benzene rings is 2. The number of nitrogens with one attached hydrogen (secondary N) is 1. The van der Waals surface area contributed by atoms with Crippen molar-refractivity contribution >= 4 is 33.3 Å². The minimum atomic E-state index is -3.88. The molecule has 0 radical (unpaired) electrons. The van der Waals surface area contributed by atoms with Gasteiger partial charge in [-0.1, -0.05) is 25.0 Å². The van der Waals surface area contributed by atoms with E-state index in [1.54, 1.807) is 12.1 Å². The zero-order valence-corrected chi connectivity index (χ0v) is 20.9. The largest absolute Gasteiger partial charge is 0.465 e. The van der Waals surface area contributed by atoms with E-state index in [0.29, 0.717) is 12.8 Å². The first-order valence-electron chi connectivity index (χ1n) is 12.2. The lowest BCUT2D eigenvalue weighted by molar-refractivity contribution is -0.120. The Morgan fingerprint density at radius 3 is 2.14 bits per heavy atom. The number of carbonyl (C=O) groups is 2. The molecule has 0 atom stereocenters. The molecule has 1 N–H and O–H groups in total. The average Bonchev–Trinajstić information content (AvgIpc) is 3.18. The van der Waals surface area contributed by atoms with Gasteiger partial charge in [-0.05, 0) is 62.1 Å². The number of nitrogens with zero attached hydrogens (tertiary/aromatic N) is 2. The van der Waals surface area contributed by atoms with Gasteiger partial charge in [-0.15, -0.1) is 0 Å². The van der Waals surface area contributed by atoms with Crippen LogP contribution in [0.2, 0.25) is 0 Å². The van der Waals surface area contributed by atoms with Crippen LogP contribution in [0, 0.1) is 5.92 Å². The minimum absolute atomic E-state index is 0.0125. The predicted octanol–water partition coefficient (Wildman–Crippen LogP) is 3.89. The second kappa shape index (κ2) is 11.2. The molecule has 0 bridgehead atoms. The Balaban J connectivity index is 1.35. The normalized spacial score (nSPS) is 18.0. The summed E-state index contributed by atoms with van der Waals surface area (Å²) in [6.45, 7) is 2.56. The Kier molecular flexibility index (Phi) is 8.07. The van der Waals surface area contributed by atoms with Gasteiger partial charge in [-0.3, -0.25) is 4.79 Å². The fourth-order valence-corrected chi connectivity index (χ4v) is 6.45. The zero-order valence-electron chi connectivity index (χ0n) is 20.1. The lowest BCUT2D eigenvalue weighted by Gasteiger charge is -2.31. The van der Waals surface area contributed by atoms with E-state index in [2.05, 4.69) is 22.3 Å². The van der Waals surface area contributed by atoms with Crippen molar-refractivity contribution in [3.8, 4) is 0 Å². The number of esters is 1. The minimum Gasteiger partial charge on any atom is -0.465 e. The molecule has 0 spiro atoms. The van der Waals surface area contributed by atoms with Crippen molar-refractivity contribution in [3.05, 3.63) is 54.1 Å². The smallest absolute Gasteiger partial charge is 0.339 e. The van der Waals surface area contributed by atoms with Gasteiger partial charge in [0, 0.05) is 43.5 Å². The Bertz CT molecular complexity index is 1130. The predicted molar refractivity (Wildman–Crippen MR) is 135 cm³/mol. The summed E-state index contributed by atoms with van der Waals surface area (Å²) in [5, 5.41) is 2.98. The van der Waals surface area contributed by atoms with Crippen LogP contribution in [-0.4, -0.2) is 57.9 Å². The van der Waals surface area contributed by atoms with Crippen LogP contribution in [0.4, 0.5) is 11.4 Å². The van der Waals surface area contributed by atoms with Crippen molar-refractivity contribution in [1.29, 1.82) is 0 Å². The number of anilines is 2. The second-order valence-corrected chi connectivity index (χ2v) is 11.0. The highest BCUT2D eigenvalue weighted by atomic mass is 32.2. The SMILES string of the molecule is COC(=O)c1ccccc1S(=O)(=O)N1CCC(C(=O)Nc2ccc(N3CCCCCC3)cc2)CC1. The molecule has 9 heteroatoms. The molecule has 188 valence electrons. The van der Waals surface area contributed by atoms with Gasteiger partial charge in [0.15, 0.2) is 0 Å². The molecule has 0 aliphatic carbocycles. The van der Waals surface area contributed by atoms with Crippen LogP contribution in [-0.2, 0) is 19.6 Å². The highest BCUT2D eigenvalue weighted by Crippen LogP contribution is 2.28. The molecule has 4 rings (SSSR count). The molecule has 2 aromatic rings. The molecule has 2 fully saturated rings. The van der Waals surface area contributed by atoms with Crippen LogP contribution in [0.3, 0.4) is 0 Å². The van der Waals surface area contributed by atoms with Gasteiger partial charge >= 0.3 is 5.97 Å². The Morgan fingerprint density at radius 2 is 1.51 bits per heavy atom. The number of sulfonamides is 1. The van der Waals surface area contributed by atoms with E-state index in [9.17, 15) is 18.0 Å². The lowest BCUT2D eigenvalue weighted by atomic mass is 9.97. The first-order valence-corrected chi connectivity index (χ1v) is 13.7. The van der Waals surface area contributed by atoms with Crippen LogP contribution in [0.5, 0.6) is 0 Å². The van der Waals surface area contributed by atoms with Gasteiger partial charge in [0.25, 0.3) is 0 Å². The van der Waals surface area contributed by atoms with Crippen LogP contribution < -0.4 is 10.2 Å². The highest BCUT2D eigenvalue weighted by Gasteiger charge is 2.34. The number of rotatable bonds is 6. The van der Waals surface area contributed by atoms with E-state index in [1.165, 1.54) is 54.9 Å². The van der Waals surface area contributed by atoms with Gasteiger partial charge in [0.05, 0.1) is 17.6 Å². The summed E-state index contributed by atoms with van der Waals surface area (Å²) in [4.78, 5) is 27.2. The van der Waals surface area contributed by atoms with E-state index in [4.69, 9.17) is 4.74 Å². The number of piperidine rings is 1. The van der Waals surface area contributed by atoms with E-state index >= 15 is 0 Å². The lowest BCUT2D eigenvalue weighted by Crippen LogP contribution is -2.41. The van der Waals surface area contributed by atoms with Crippen molar-refractivity contribution < 1.29 is 22.7 Å². The molecule has 0 unspecified atom stereocenters. The zero-order chi connectivity index (χ0) is 24.8. The Labute approximate surface area is 207 Å². The molecule has 8 nitrogen and oxygen atoms in total. The molecule has 2 aromatic carbocycles. The summed E-state index contributed by atoms with van der Waals surface area (Å²) in [6.07, 6.45) is 5.81. The number of carbonyl (C=O) groups excluding carboxylic acids is 2. The molecule has 2 aliphatic rings. The Hall–Kier alpha value is -2.91. The molecule has 0 saturated carbocycles. The van der Waals surface area contributed by atoms with E-state index in [1.807, 2.05) is 12.1 Å². The van der Waals surface area contributed by atoms with Crippen LogP contribution in [0.25, 0.3) is 0 Å². The van der Waals surface area contributed by atoms with Gasteiger partial charge in [0.1, 0.15) is 0 Å². The van der Waals surface area contributed by atoms with Crippen molar-refractivity contribution in [3.63, 3.8) is 0 Å². The van der Waals surface area contributed by atoms with Crippen LogP contribution in [0.1, 0.15) is 48.9 Å². The summed E-state index contributed by atoms with van der Waals surface area (Å²) in [5.74, 6) is -1.07. The van der Waals surface area contributed by atoms with Gasteiger partial charge in [-0.2, -0.15) is 4.31 Å². The first kappa shape index (κ1) is 25.2. The van der Waals surface area contributed by atoms with Crippen molar-refractivity contribution in [2.75, 3.05) is 43.5 Å². The second-order valence-electron chi connectivity index (χ2n) is 9.10. The van der Waals surface area contributed by atoms with Crippen molar-refractivity contribution in [2.24, 2.45) is 5.92 Å². The topological polar surface area (TPSA) is 96.0 Å². The number of methoxy groups -OCH3 is 1.